The molecule has 3 rings (SSSR count). The van der Waals surface area contributed by atoms with Crippen molar-refractivity contribution >= 4 is 17.8 Å². The van der Waals surface area contributed by atoms with Gasteiger partial charge in [0.05, 0.1) is 6.04 Å². The molecule has 34 heavy (non-hydrogen) atoms. The van der Waals surface area contributed by atoms with E-state index >= 15 is 0 Å². The van der Waals surface area contributed by atoms with E-state index in [1.54, 1.807) is 0 Å². The summed E-state index contributed by atoms with van der Waals surface area (Å²) in [6.07, 6.45) is 1.97. The Morgan fingerprint density at radius 1 is 1.09 bits per heavy atom. The zero-order valence-electron chi connectivity index (χ0n) is 20.9. The van der Waals surface area contributed by atoms with E-state index in [9.17, 15) is 14.4 Å². The molecule has 0 radical (unpaired) electrons. The number of hydrogen-bond acceptors (Lipinski definition) is 5. The first-order valence-electron chi connectivity index (χ1n) is 12.4. The molecule has 182 valence electrons. The smallest absolute Gasteiger partial charge is 0.329 e. The zero-order valence-corrected chi connectivity index (χ0v) is 19.9. The van der Waals surface area contributed by atoms with Crippen LogP contribution in [-0.4, -0.2) is 47.4 Å². The predicted octanol–water partition coefficient (Wildman–Crippen LogP) is 2.82. The van der Waals surface area contributed by atoms with Gasteiger partial charge >= 0.3 is 5.97 Å². The van der Waals surface area contributed by atoms with E-state index in [-0.39, 0.29) is 18.4 Å². The van der Waals surface area contributed by atoms with Crippen molar-refractivity contribution in [3.63, 3.8) is 0 Å². The van der Waals surface area contributed by atoms with Gasteiger partial charge in [0, 0.05) is 13.0 Å². The number of carbonyl (C=O) groups excluding carboxylic acids is 3. The lowest BCUT2D eigenvalue weighted by Crippen LogP contribution is -2.55. The molecule has 3 atom stereocenters. The molecule has 2 aromatic rings. The van der Waals surface area contributed by atoms with E-state index in [1.807, 2.05) is 74.5 Å². The van der Waals surface area contributed by atoms with Gasteiger partial charge in [-0.1, -0.05) is 74.5 Å². The number of hydrogen-bond donors (Lipinski definition) is 2. The van der Waals surface area contributed by atoms with Crippen molar-refractivity contribution in [1.29, 1.82) is 0 Å². The average molecular weight is 467 g/mol. The van der Waals surface area contributed by atoms with E-state index in [0.29, 0.717) is 32.2 Å². The fourth-order valence-electron chi connectivity index (χ4n) is 4.20. The summed E-state index contributed by atoms with van der Waals surface area (Å²) in [5.41, 5.74) is 4.08. The lowest BCUT2D eigenvalue weighted by atomic mass is 10.0. The lowest BCUT2D eigenvalue weighted by Gasteiger charge is -2.29. The van der Waals surface area contributed by atoms with E-state index < -0.39 is 30.0 Å². The minimum absolute atomic E-state index is 0.147. The Hall–Kier alpha value is -3.19. The Balaban J connectivity index is 1.73. The Bertz CT molecular complexity index is 971. The molecule has 1 saturated heterocycles. The lowest BCUT2D eigenvalue weighted by molar-refractivity contribution is -0.155. The average Bonchev–Trinajstić information content (AvgIpc) is 3.36. The second-order valence-electron chi connectivity index (χ2n) is 9.22. The van der Waals surface area contributed by atoms with Crippen LogP contribution in [0.2, 0.25) is 1.41 Å². The number of esters is 1. The van der Waals surface area contributed by atoms with Gasteiger partial charge in [0.15, 0.2) is 0 Å². The monoisotopic (exact) mass is 466 g/mol. The Labute approximate surface area is 203 Å². The van der Waals surface area contributed by atoms with Crippen LogP contribution in [0.3, 0.4) is 0 Å². The van der Waals surface area contributed by atoms with Crippen molar-refractivity contribution in [3.8, 4) is 0 Å². The summed E-state index contributed by atoms with van der Waals surface area (Å²) in [6.45, 7) is 4.52. The first kappa shape index (κ1) is 24.0. The molecule has 1 heterocycles. The van der Waals surface area contributed by atoms with Crippen molar-refractivity contribution in [2.24, 2.45) is 11.6 Å². The number of nitrogens with two attached hydrogens (primary N) is 1. The van der Waals surface area contributed by atoms with Crippen LogP contribution >= 0.6 is 0 Å². The number of carbonyl (C=O) groups is 3. The first-order valence-corrected chi connectivity index (χ1v) is 11.9. The fraction of sp³-hybridized carbons (Fsp3) is 0.444. The van der Waals surface area contributed by atoms with Crippen molar-refractivity contribution in [3.05, 3.63) is 71.8 Å². The molecule has 3 N–H and O–H groups in total. The van der Waals surface area contributed by atoms with Crippen molar-refractivity contribution in [2.75, 3.05) is 6.54 Å². The second-order valence-corrected chi connectivity index (χ2v) is 9.22. The summed E-state index contributed by atoms with van der Waals surface area (Å²) < 4.78 is 13.1. The fourth-order valence-corrected chi connectivity index (χ4v) is 4.20. The number of nitrogens with one attached hydrogen (secondary N) is 1. The maximum absolute atomic E-state index is 13.6. The molecule has 7 nitrogen and oxygen atoms in total. The molecule has 0 aliphatic carbocycles. The summed E-state index contributed by atoms with van der Waals surface area (Å²) in [7, 11) is 0. The van der Waals surface area contributed by atoms with Gasteiger partial charge in [-0.05, 0) is 36.3 Å². The Morgan fingerprint density at radius 3 is 2.35 bits per heavy atom. The molecular weight excluding hydrogens is 430 g/mol. The van der Waals surface area contributed by atoms with Gasteiger partial charge in [0.1, 0.15) is 20.1 Å². The molecule has 0 saturated carbocycles. The number of amides is 2. The van der Waals surface area contributed by atoms with Gasteiger partial charge in [-0.2, -0.15) is 0 Å². The summed E-state index contributed by atoms with van der Waals surface area (Å²) in [6, 6.07) is 16.6. The van der Waals surface area contributed by atoms with Gasteiger partial charge in [-0.3, -0.25) is 9.59 Å². The maximum atomic E-state index is 13.6. The molecule has 1 aliphatic rings. The summed E-state index contributed by atoms with van der Waals surface area (Å²) in [5.74, 6) is -0.941. The molecule has 1 aliphatic heterocycles. The third-order valence-electron chi connectivity index (χ3n) is 5.95. The normalized spacial score (nSPS) is 17.7. The van der Waals surface area contributed by atoms with Crippen LogP contribution in [0.1, 0.15) is 44.2 Å². The Kier molecular flexibility index (Phi) is 8.68. The van der Waals surface area contributed by atoms with E-state index in [0.717, 1.165) is 11.1 Å². The van der Waals surface area contributed by atoms with Gasteiger partial charge in [-0.15, -0.1) is 0 Å². The minimum atomic E-state index is -0.851. The topological polar surface area (TPSA) is 102 Å². The van der Waals surface area contributed by atoms with Crippen molar-refractivity contribution in [1.82, 2.24) is 10.2 Å². The minimum Gasteiger partial charge on any atom is -0.459 e. The highest BCUT2D eigenvalue weighted by Gasteiger charge is 2.39. The maximum Gasteiger partial charge on any atom is 0.329 e. The van der Waals surface area contributed by atoms with Crippen LogP contribution in [0.4, 0.5) is 0 Å². The summed E-state index contributed by atoms with van der Waals surface area (Å²) in [5, 5.41) is 2.85. The van der Waals surface area contributed by atoms with Crippen LogP contribution in [0.5, 0.6) is 0 Å². The molecule has 0 aromatic heterocycles. The molecule has 2 amide bonds. The van der Waals surface area contributed by atoms with Gasteiger partial charge in [0.25, 0.3) is 0 Å². The number of likely N-dealkylation sites (tertiary alicyclic amines) is 1. The third kappa shape index (κ3) is 7.15. The SMILES string of the molecule is [2H]N[C@@H](CC(C)C)C(=O)N[C@@H](Cc1ccccc1)C(=O)N1CCC[C@H]1C(=O)OCc1ccccc1. The van der Waals surface area contributed by atoms with Crippen LogP contribution in [-0.2, 0) is 32.1 Å². The highest BCUT2D eigenvalue weighted by molar-refractivity contribution is 5.92. The molecule has 7 heteroatoms. The van der Waals surface area contributed by atoms with Gasteiger partial charge in [-0.25, -0.2) is 4.79 Å². The Morgan fingerprint density at radius 2 is 1.74 bits per heavy atom. The highest BCUT2D eigenvalue weighted by atomic mass is 16.5. The van der Waals surface area contributed by atoms with Crippen LogP contribution < -0.4 is 11.0 Å². The molecule has 1 fully saturated rings. The zero-order chi connectivity index (χ0) is 25.2. The molecule has 0 bridgehead atoms. The van der Waals surface area contributed by atoms with E-state index in [4.69, 9.17) is 6.15 Å². The van der Waals surface area contributed by atoms with Crippen molar-refractivity contribution in [2.45, 2.75) is 64.3 Å². The largest absolute Gasteiger partial charge is 0.459 e. The molecule has 0 unspecified atom stereocenters. The summed E-state index contributed by atoms with van der Waals surface area (Å²) in [4.78, 5) is 41.0. The van der Waals surface area contributed by atoms with Crippen LogP contribution in [0, 0.1) is 5.92 Å². The van der Waals surface area contributed by atoms with Crippen LogP contribution in [0.15, 0.2) is 60.7 Å². The van der Waals surface area contributed by atoms with E-state index in [2.05, 4.69) is 11.0 Å². The number of benzene rings is 2. The molecular formula is C27H35N3O4. The predicted molar refractivity (Wildman–Crippen MR) is 130 cm³/mol. The quantitative estimate of drug-likeness (QED) is 0.496. The molecule has 0 spiro atoms. The number of rotatable bonds is 11. The highest BCUT2D eigenvalue weighted by Crippen LogP contribution is 2.21. The van der Waals surface area contributed by atoms with Crippen molar-refractivity contribution < 1.29 is 20.5 Å². The summed E-state index contributed by atoms with van der Waals surface area (Å²) >= 11 is 0. The van der Waals surface area contributed by atoms with Crippen LogP contribution in [0.25, 0.3) is 0 Å². The number of ether oxygens (including phenoxy) is 1. The second kappa shape index (κ2) is 12.3. The van der Waals surface area contributed by atoms with E-state index in [1.165, 1.54) is 4.90 Å². The number of nitrogens with zero attached hydrogens (tertiary/aromatic N) is 1. The molecule has 2 aromatic carbocycles. The third-order valence-corrected chi connectivity index (χ3v) is 5.95. The van der Waals surface area contributed by atoms with Gasteiger partial charge in [0.2, 0.25) is 11.8 Å². The first-order chi connectivity index (χ1) is 16.9. The van der Waals surface area contributed by atoms with Gasteiger partial charge < -0.3 is 20.7 Å². The standard InChI is InChI=1S/C27H35N3O4/c1-19(2)16-22(28)25(31)29-23(17-20-10-5-3-6-11-20)26(32)30-15-9-14-24(30)27(33)34-18-21-12-7-4-8-13-21/h3-8,10-13,19,22-24H,9,14-18,28H2,1-2H3,(H,29,31)/t22-,23-,24-/m0/s1/i/hD.